The molecule has 0 heterocycles. The van der Waals surface area contributed by atoms with Crippen LogP contribution in [0.15, 0.2) is 97.1 Å². The van der Waals surface area contributed by atoms with Gasteiger partial charge in [0.05, 0.1) is 0 Å². The van der Waals surface area contributed by atoms with Gasteiger partial charge in [-0.1, -0.05) is 66.7 Å². The molecule has 0 fully saturated rings. The second-order valence-electron chi connectivity index (χ2n) is 8.60. The van der Waals surface area contributed by atoms with Crippen LogP contribution in [0.3, 0.4) is 0 Å². The van der Waals surface area contributed by atoms with Gasteiger partial charge in [0.25, 0.3) is 0 Å². The summed E-state index contributed by atoms with van der Waals surface area (Å²) >= 11 is 0. The fourth-order valence-electron chi connectivity index (χ4n) is 5.77. The zero-order valence-electron chi connectivity index (χ0n) is 16.2. The molecule has 0 saturated carbocycles. The summed E-state index contributed by atoms with van der Waals surface area (Å²) in [7, 11) is 0. The first-order valence-electron chi connectivity index (χ1n) is 10.5. The second-order valence-corrected chi connectivity index (χ2v) is 8.60. The Balaban J connectivity index is 1.72. The average Bonchev–Trinajstić information content (AvgIpc) is 2.79. The smallest absolute Gasteiger partial charge is 0.00139 e. The monoisotopic (exact) mass is 376 g/mol. The first kappa shape index (κ1) is 15.0. The highest BCUT2D eigenvalue weighted by Crippen LogP contribution is 2.45. The van der Waals surface area contributed by atoms with Crippen molar-refractivity contribution in [1.29, 1.82) is 0 Å². The zero-order chi connectivity index (χ0) is 19.4. The van der Waals surface area contributed by atoms with Crippen molar-refractivity contribution in [2.24, 2.45) is 0 Å². The Morgan fingerprint density at radius 3 is 1.73 bits per heavy atom. The fourth-order valence-corrected chi connectivity index (χ4v) is 5.77. The molecule has 0 spiro atoms. The van der Waals surface area contributed by atoms with Crippen molar-refractivity contribution in [3.05, 3.63) is 97.1 Å². The highest BCUT2D eigenvalue weighted by atomic mass is 14.2. The van der Waals surface area contributed by atoms with Crippen LogP contribution in [0, 0.1) is 0 Å². The molecule has 30 heavy (non-hydrogen) atoms. The third kappa shape index (κ3) is 1.70. The lowest BCUT2D eigenvalue weighted by Gasteiger charge is -2.18. The maximum absolute atomic E-state index is 2.39. The molecule has 0 aliphatic carbocycles. The summed E-state index contributed by atoms with van der Waals surface area (Å²) in [6.45, 7) is 0. The van der Waals surface area contributed by atoms with Crippen molar-refractivity contribution in [2.45, 2.75) is 0 Å². The summed E-state index contributed by atoms with van der Waals surface area (Å²) < 4.78 is 0. The minimum atomic E-state index is 1.30. The van der Waals surface area contributed by atoms with E-state index in [0.717, 1.165) is 0 Å². The standard InChI is InChI=1S/C30H16/c1-2-5-19-16-26-23(12-18(19)4-1)15-24-14-21-9-8-17-6-3-7-20-13-22-10-11-25(26)28(24)30(22)29(21)27(17)20/h1-16H. The van der Waals surface area contributed by atoms with E-state index in [4.69, 9.17) is 0 Å². The minimum absolute atomic E-state index is 1.30. The quantitative estimate of drug-likeness (QED) is 0.183. The first-order valence-corrected chi connectivity index (χ1v) is 10.5. The average molecular weight is 376 g/mol. The van der Waals surface area contributed by atoms with E-state index in [1.54, 1.807) is 0 Å². The van der Waals surface area contributed by atoms with Crippen LogP contribution in [-0.4, -0.2) is 0 Å². The normalized spacial score (nSPS) is 12.7. The molecule has 0 aliphatic heterocycles. The molecule has 0 radical (unpaired) electrons. The van der Waals surface area contributed by atoms with Gasteiger partial charge in [-0.25, -0.2) is 0 Å². The first-order chi connectivity index (χ1) is 14.8. The van der Waals surface area contributed by atoms with Gasteiger partial charge < -0.3 is 0 Å². The third-order valence-electron chi connectivity index (χ3n) is 7.03. The molecule has 0 N–H and O–H groups in total. The van der Waals surface area contributed by atoms with Crippen LogP contribution in [0.2, 0.25) is 0 Å². The molecule has 0 aliphatic rings. The van der Waals surface area contributed by atoms with Crippen LogP contribution in [0.4, 0.5) is 0 Å². The van der Waals surface area contributed by atoms with E-state index in [9.17, 15) is 0 Å². The van der Waals surface area contributed by atoms with E-state index < -0.39 is 0 Å². The maximum atomic E-state index is 2.39. The van der Waals surface area contributed by atoms with Crippen molar-refractivity contribution in [1.82, 2.24) is 0 Å². The highest BCUT2D eigenvalue weighted by molar-refractivity contribution is 6.38. The van der Waals surface area contributed by atoms with E-state index in [1.165, 1.54) is 75.4 Å². The summed E-state index contributed by atoms with van der Waals surface area (Å²) in [5.41, 5.74) is 0. The highest BCUT2D eigenvalue weighted by Gasteiger charge is 2.17. The van der Waals surface area contributed by atoms with Gasteiger partial charge in [-0.3, -0.25) is 0 Å². The Hall–Kier alpha value is -3.90. The zero-order valence-corrected chi connectivity index (χ0v) is 16.2. The lowest BCUT2D eigenvalue weighted by atomic mass is 9.85. The molecule has 8 aromatic carbocycles. The molecule has 8 aromatic rings. The van der Waals surface area contributed by atoms with Crippen LogP contribution < -0.4 is 0 Å². The Labute approximate surface area is 172 Å². The molecule has 0 nitrogen and oxygen atoms in total. The molecule has 0 amide bonds. The Morgan fingerprint density at radius 1 is 0.267 bits per heavy atom. The molecule has 0 saturated heterocycles. The van der Waals surface area contributed by atoms with Crippen LogP contribution >= 0.6 is 0 Å². The molecule has 136 valence electrons. The summed E-state index contributed by atoms with van der Waals surface area (Å²) in [5, 5.41) is 18.9. The van der Waals surface area contributed by atoms with E-state index in [2.05, 4.69) is 97.1 Å². The number of hydrogen-bond donors (Lipinski definition) is 0. The van der Waals surface area contributed by atoms with Crippen molar-refractivity contribution in [3.63, 3.8) is 0 Å². The number of benzene rings is 8. The van der Waals surface area contributed by atoms with E-state index in [1.807, 2.05) is 0 Å². The SMILES string of the molecule is c1ccc2cc3c(cc2c1)cc1cc2ccc4cccc5cc6ccc3c1c6c2c45. The van der Waals surface area contributed by atoms with Gasteiger partial charge in [0.2, 0.25) is 0 Å². The van der Waals surface area contributed by atoms with Gasteiger partial charge in [0.15, 0.2) is 0 Å². The van der Waals surface area contributed by atoms with Crippen LogP contribution in [-0.2, 0) is 0 Å². The van der Waals surface area contributed by atoms with Gasteiger partial charge in [-0.15, -0.1) is 0 Å². The van der Waals surface area contributed by atoms with Gasteiger partial charge in [-0.05, 0) is 106 Å². The van der Waals surface area contributed by atoms with Gasteiger partial charge in [-0.2, -0.15) is 0 Å². The summed E-state index contributed by atoms with van der Waals surface area (Å²) in [6.07, 6.45) is 0. The van der Waals surface area contributed by atoms with Crippen molar-refractivity contribution >= 4 is 75.4 Å². The molecule has 0 atom stereocenters. The maximum Gasteiger partial charge on any atom is -0.00139 e. The molecule has 0 heteroatoms. The predicted molar refractivity (Wildman–Crippen MR) is 131 cm³/mol. The third-order valence-corrected chi connectivity index (χ3v) is 7.03. The lowest BCUT2D eigenvalue weighted by Crippen LogP contribution is -1.90. The van der Waals surface area contributed by atoms with Crippen molar-refractivity contribution in [3.8, 4) is 0 Å². The molecule has 0 unspecified atom stereocenters. The Morgan fingerprint density at radius 2 is 0.833 bits per heavy atom. The van der Waals surface area contributed by atoms with E-state index in [-0.39, 0.29) is 0 Å². The van der Waals surface area contributed by atoms with Gasteiger partial charge >= 0.3 is 0 Å². The lowest BCUT2D eigenvalue weighted by molar-refractivity contribution is 1.79. The number of fused-ring (bicyclic) bond motifs is 3. The van der Waals surface area contributed by atoms with E-state index in [0.29, 0.717) is 0 Å². The summed E-state index contributed by atoms with van der Waals surface area (Å²) in [4.78, 5) is 0. The molecule has 0 bridgehead atoms. The number of hydrogen-bond acceptors (Lipinski definition) is 0. The molecule has 0 aromatic heterocycles. The molecular formula is C30H16. The topological polar surface area (TPSA) is 0 Å². The van der Waals surface area contributed by atoms with Crippen LogP contribution in [0.25, 0.3) is 75.4 Å². The van der Waals surface area contributed by atoms with Gasteiger partial charge in [0.1, 0.15) is 0 Å². The van der Waals surface area contributed by atoms with E-state index >= 15 is 0 Å². The van der Waals surface area contributed by atoms with Crippen molar-refractivity contribution < 1.29 is 0 Å². The summed E-state index contributed by atoms with van der Waals surface area (Å²) in [5.74, 6) is 0. The second kappa shape index (κ2) is 4.98. The summed E-state index contributed by atoms with van der Waals surface area (Å²) in [6, 6.07) is 36.4. The van der Waals surface area contributed by atoms with Crippen LogP contribution in [0.1, 0.15) is 0 Å². The predicted octanol–water partition coefficient (Wildman–Crippen LogP) is 8.63. The Kier molecular flexibility index (Phi) is 2.49. The van der Waals surface area contributed by atoms with Gasteiger partial charge in [0, 0.05) is 0 Å². The Bertz CT molecular complexity index is 1930. The number of rotatable bonds is 0. The molecule has 8 rings (SSSR count). The minimum Gasteiger partial charge on any atom is -0.0616 e. The largest absolute Gasteiger partial charge is 0.0616 e. The van der Waals surface area contributed by atoms with Crippen molar-refractivity contribution in [2.75, 3.05) is 0 Å². The fraction of sp³-hybridized carbons (Fsp3) is 0. The van der Waals surface area contributed by atoms with Crippen LogP contribution in [0.5, 0.6) is 0 Å². The molecular weight excluding hydrogens is 360 g/mol.